The van der Waals surface area contributed by atoms with E-state index in [0.717, 1.165) is 6.07 Å². The third-order valence-corrected chi connectivity index (χ3v) is 7.08. The van der Waals surface area contributed by atoms with E-state index in [0.29, 0.717) is 5.56 Å². The Bertz CT molecular complexity index is 1300. The number of Topliss-reactive ketones (excluding diaryl/α,β-unsaturated/α-hetero) is 1. The van der Waals surface area contributed by atoms with E-state index in [4.69, 9.17) is 23.7 Å². The van der Waals surface area contributed by atoms with E-state index in [1.165, 1.54) is 31.2 Å². The van der Waals surface area contributed by atoms with Crippen LogP contribution in [0.25, 0.3) is 6.08 Å². The maximum Gasteiger partial charge on any atom is 0.235 e. The highest BCUT2D eigenvalue weighted by molar-refractivity contribution is 6.16. The highest BCUT2D eigenvalue weighted by atomic mass is 16.8. The van der Waals surface area contributed by atoms with Crippen LogP contribution in [0.2, 0.25) is 0 Å². The molecule has 0 radical (unpaired) electrons. The summed E-state index contributed by atoms with van der Waals surface area (Å²) in [6, 6.07) is 8.21. The minimum atomic E-state index is -1.79. The molecule has 14 nitrogen and oxygen atoms in total. The van der Waals surface area contributed by atoms with Gasteiger partial charge in [-0.25, -0.2) is 0 Å². The van der Waals surface area contributed by atoms with Gasteiger partial charge in [0.1, 0.15) is 65.2 Å². The molecule has 14 heteroatoms. The van der Waals surface area contributed by atoms with Gasteiger partial charge >= 0.3 is 0 Å². The van der Waals surface area contributed by atoms with Crippen molar-refractivity contribution in [2.45, 2.75) is 68.3 Å². The van der Waals surface area contributed by atoms with Gasteiger partial charge < -0.3 is 64.5 Å². The molecular formula is C27H30O14. The highest BCUT2D eigenvalue weighted by Crippen LogP contribution is 2.43. The van der Waals surface area contributed by atoms with Gasteiger partial charge in [-0.2, -0.15) is 0 Å². The Balaban J connectivity index is 1.45. The normalized spacial score (nSPS) is 36.2. The van der Waals surface area contributed by atoms with Crippen molar-refractivity contribution in [2.75, 3.05) is 6.61 Å². The summed E-state index contributed by atoms with van der Waals surface area (Å²) in [5.74, 6) is -1.40. The third kappa shape index (κ3) is 5.61. The van der Waals surface area contributed by atoms with Crippen molar-refractivity contribution < 1.29 is 69.3 Å². The van der Waals surface area contributed by atoms with Crippen molar-refractivity contribution in [1.29, 1.82) is 0 Å². The van der Waals surface area contributed by atoms with Crippen LogP contribution >= 0.6 is 0 Å². The molecule has 8 N–H and O–H groups in total. The largest absolute Gasteiger partial charge is 0.508 e. The van der Waals surface area contributed by atoms with Crippen LogP contribution in [0.15, 0.2) is 42.2 Å². The second-order valence-electron chi connectivity index (χ2n) is 9.95. The quantitative estimate of drug-likeness (QED) is 0.187. The minimum absolute atomic E-state index is 0.0266. The van der Waals surface area contributed by atoms with E-state index < -0.39 is 73.8 Å². The molecule has 10 atom stereocenters. The van der Waals surface area contributed by atoms with Gasteiger partial charge in [-0.1, -0.05) is 12.1 Å². The van der Waals surface area contributed by atoms with E-state index in [1.54, 1.807) is 12.1 Å². The number of ketones is 1. The number of hydrogen-bond donors (Lipinski definition) is 8. The molecule has 0 spiro atoms. The molecule has 2 fully saturated rings. The van der Waals surface area contributed by atoms with E-state index in [9.17, 15) is 45.6 Å². The van der Waals surface area contributed by atoms with Crippen LogP contribution in [0.1, 0.15) is 22.8 Å². The first kappa shape index (κ1) is 29.2. The summed E-state index contributed by atoms with van der Waals surface area (Å²) in [6.45, 7) is 0.675. The number of phenols is 2. The van der Waals surface area contributed by atoms with E-state index in [2.05, 4.69) is 0 Å². The number of carbonyl (C=O) groups is 1. The lowest BCUT2D eigenvalue weighted by Crippen LogP contribution is -2.64. The summed E-state index contributed by atoms with van der Waals surface area (Å²) in [7, 11) is 0. The fraction of sp³-hybridized carbons (Fsp3) is 0.444. The molecule has 10 unspecified atom stereocenters. The molecule has 41 heavy (non-hydrogen) atoms. The van der Waals surface area contributed by atoms with Crippen LogP contribution < -0.4 is 9.47 Å². The first-order valence-corrected chi connectivity index (χ1v) is 12.7. The Morgan fingerprint density at radius 1 is 0.854 bits per heavy atom. The van der Waals surface area contributed by atoms with Crippen LogP contribution in [0.5, 0.6) is 23.0 Å². The van der Waals surface area contributed by atoms with Crippen LogP contribution in [0, 0.1) is 0 Å². The Morgan fingerprint density at radius 2 is 1.56 bits per heavy atom. The highest BCUT2D eigenvalue weighted by Gasteiger charge is 2.51. The summed E-state index contributed by atoms with van der Waals surface area (Å²) >= 11 is 0. The van der Waals surface area contributed by atoms with Crippen LogP contribution in [-0.2, 0) is 14.2 Å². The maximum absolute atomic E-state index is 13.3. The Morgan fingerprint density at radius 3 is 2.24 bits per heavy atom. The fourth-order valence-corrected chi connectivity index (χ4v) is 4.78. The van der Waals surface area contributed by atoms with Crippen LogP contribution in [0.4, 0.5) is 0 Å². The monoisotopic (exact) mass is 578 g/mol. The minimum Gasteiger partial charge on any atom is -0.508 e. The Kier molecular flexibility index (Phi) is 8.20. The van der Waals surface area contributed by atoms with Crippen molar-refractivity contribution in [3.05, 3.63) is 53.3 Å². The van der Waals surface area contributed by atoms with Crippen molar-refractivity contribution in [1.82, 2.24) is 0 Å². The van der Waals surface area contributed by atoms with Crippen molar-refractivity contribution in [3.8, 4) is 23.0 Å². The molecule has 3 aliphatic rings. The number of aliphatic hydroxyl groups excluding tert-OH is 6. The van der Waals surface area contributed by atoms with Crippen LogP contribution in [-0.4, -0.2) is 115 Å². The van der Waals surface area contributed by atoms with Gasteiger partial charge in [0.15, 0.2) is 18.2 Å². The summed E-state index contributed by atoms with van der Waals surface area (Å²) in [5, 5.41) is 81.4. The molecule has 222 valence electrons. The summed E-state index contributed by atoms with van der Waals surface area (Å²) in [6.07, 6.45) is -14.2. The third-order valence-electron chi connectivity index (χ3n) is 7.08. The van der Waals surface area contributed by atoms with Crippen molar-refractivity contribution in [2.24, 2.45) is 0 Å². The number of benzene rings is 2. The molecule has 3 aliphatic heterocycles. The summed E-state index contributed by atoms with van der Waals surface area (Å²) in [5.41, 5.74) is 0.419. The number of aliphatic hydroxyl groups is 6. The van der Waals surface area contributed by atoms with Gasteiger partial charge in [0.05, 0.1) is 12.7 Å². The predicted octanol–water partition coefficient (Wildman–Crippen LogP) is -1.26. The number of aromatic hydroxyl groups is 2. The van der Waals surface area contributed by atoms with E-state index in [-0.39, 0.29) is 34.3 Å². The predicted molar refractivity (Wildman–Crippen MR) is 135 cm³/mol. The van der Waals surface area contributed by atoms with Gasteiger partial charge in [-0.05, 0) is 30.7 Å². The topological polar surface area (TPSA) is 225 Å². The second-order valence-corrected chi connectivity index (χ2v) is 9.95. The molecule has 0 aliphatic carbocycles. The fourth-order valence-electron chi connectivity index (χ4n) is 4.78. The Labute approximate surface area is 232 Å². The summed E-state index contributed by atoms with van der Waals surface area (Å²) < 4.78 is 28.3. The van der Waals surface area contributed by atoms with Crippen molar-refractivity contribution >= 4 is 11.9 Å². The molecule has 0 saturated carbocycles. The lowest BCUT2D eigenvalue weighted by atomic mass is 9.97. The average Bonchev–Trinajstić information content (AvgIpc) is 3.25. The number of fused-ring (bicyclic) bond motifs is 1. The number of allylic oxidation sites excluding steroid dienone is 1. The molecule has 0 aromatic heterocycles. The maximum atomic E-state index is 13.3. The standard InChI is InChI=1S/C27H30O14/c1-10-19(31)22(34)24(36)26(37-10)41-25-23(35)21(33)17(9-28)40-27(25)39-15-8-13(30)7-14-18(15)20(32)16(38-14)6-11-2-4-12(29)5-3-11/h2-8,10,17,19,21-31,33-36H,9H2,1H3. The van der Waals surface area contributed by atoms with E-state index in [1.807, 2.05) is 0 Å². The number of ether oxygens (including phenoxy) is 5. The van der Waals surface area contributed by atoms with Gasteiger partial charge in [-0.15, -0.1) is 0 Å². The molecular weight excluding hydrogens is 548 g/mol. The number of hydrogen-bond acceptors (Lipinski definition) is 14. The lowest BCUT2D eigenvalue weighted by Gasteiger charge is -2.45. The lowest BCUT2D eigenvalue weighted by molar-refractivity contribution is -0.354. The van der Waals surface area contributed by atoms with E-state index >= 15 is 0 Å². The molecule has 2 saturated heterocycles. The Hall–Kier alpha value is -3.31. The molecule has 2 aromatic rings. The van der Waals surface area contributed by atoms with Gasteiger partial charge in [0, 0.05) is 12.1 Å². The first-order valence-electron chi connectivity index (χ1n) is 12.7. The zero-order chi connectivity index (χ0) is 29.6. The second kappa shape index (κ2) is 11.5. The molecule has 0 bridgehead atoms. The number of carbonyl (C=O) groups excluding carboxylic acids is 1. The molecule has 0 amide bonds. The summed E-state index contributed by atoms with van der Waals surface area (Å²) in [4.78, 5) is 13.3. The molecule has 2 aromatic carbocycles. The van der Waals surface area contributed by atoms with Gasteiger partial charge in [0.2, 0.25) is 12.1 Å². The molecule has 5 rings (SSSR count). The van der Waals surface area contributed by atoms with Gasteiger partial charge in [0.25, 0.3) is 0 Å². The zero-order valence-corrected chi connectivity index (χ0v) is 21.5. The SMILES string of the molecule is CC1OC(OC2C(Oc3cc(O)cc4c3C(=O)C(=Cc3ccc(O)cc3)O4)OC(CO)C(O)C2O)C(O)C(O)C1O. The van der Waals surface area contributed by atoms with Crippen molar-refractivity contribution in [3.63, 3.8) is 0 Å². The number of phenolic OH excluding ortho intramolecular Hbond substituents is 2. The first-order chi connectivity index (χ1) is 19.5. The van der Waals surface area contributed by atoms with Crippen LogP contribution in [0.3, 0.4) is 0 Å². The number of rotatable bonds is 6. The smallest absolute Gasteiger partial charge is 0.235 e. The average molecular weight is 579 g/mol. The molecule has 3 heterocycles. The zero-order valence-electron chi connectivity index (χ0n) is 21.5. The van der Waals surface area contributed by atoms with Gasteiger partial charge in [-0.3, -0.25) is 4.79 Å².